The number of thiophene rings is 1. The smallest absolute Gasteiger partial charge is 0.317 e. The van der Waals surface area contributed by atoms with E-state index in [9.17, 15) is 9.59 Å². The number of methoxy groups -OCH3 is 1. The zero-order valence-corrected chi connectivity index (χ0v) is 19.8. The molecule has 2 amide bonds. The van der Waals surface area contributed by atoms with Gasteiger partial charge in [0, 0.05) is 24.0 Å². The Bertz CT molecular complexity index is 1190. The Hall–Kier alpha value is -2.87. The molecule has 33 heavy (non-hydrogen) atoms. The lowest BCUT2D eigenvalue weighted by Crippen LogP contribution is -2.47. The van der Waals surface area contributed by atoms with Gasteiger partial charge in [-0.05, 0) is 48.9 Å². The number of fused-ring (bicyclic) bond motifs is 3. The topological polar surface area (TPSA) is 76.5 Å². The Morgan fingerprint density at radius 2 is 2.00 bits per heavy atom. The number of aryl methyl sites for hydroxylation is 2. The van der Waals surface area contributed by atoms with Crippen LogP contribution in [-0.4, -0.2) is 40.2 Å². The van der Waals surface area contributed by atoms with E-state index in [1.165, 1.54) is 19.3 Å². The van der Waals surface area contributed by atoms with E-state index < -0.39 is 0 Å². The van der Waals surface area contributed by atoms with E-state index in [2.05, 4.69) is 10.3 Å². The Kier molecular flexibility index (Phi) is 6.35. The van der Waals surface area contributed by atoms with E-state index >= 15 is 0 Å². The predicted molar refractivity (Wildman–Crippen MR) is 130 cm³/mol. The molecule has 2 aromatic heterocycles. The van der Waals surface area contributed by atoms with Crippen LogP contribution < -0.4 is 15.6 Å². The van der Waals surface area contributed by atoms with Crippen LogP contribution in [-0.2, 0) is 25.9 Å². The van der Waals surface area contributed by atoms with Gasteiger partial charge in [-0.15, -0.1) is 11.3 Å². The van der Waals surface area contributed by atoms with Gasteiger partial charge in [0.05, 0.1) is 25.4 Å². The quantitative estimate of drug-likeness (QED) is 0.614. The number of hydrogen-bond donors (Lipinski definition) is 1. The lowest BCUT2D eigenvalue weighted by molar-refractivity contribution is 0.185. The highest BCUT2D eigenvalue weighted by molar-refractivity contribution is 7.18. The molecule has 5 rings (SSSR count). The summed E-state index contributed by atoms with van der Waals surface area (Å²) in [5.41, 5.74) is 2.24. The number of urea groups is 1. The molecule has 3 aromatic rings. The first-order valence-electron chi connectivity index (χ1n) is 11.8. The number of carbonyl (C=O) groups is 1. The molecule has 1 saturated carbocycles. The molecular formula is C25H30N4O3S. The van der Waals surface area contributed by atoms with Crippen molar-refractivity contribution in [3.05, 3.63) is 57.0 Å². The molecule has 0 saturated heterocycles. The molecule has 1 N–H and O–H groups in total. The van der Waals surface area contributed by atoms with Crippen LogP contribution in [0.25, 0.3) is 10.2 Å². The van der Waals surface area contributed by atoms with Gasteiger partial charge < -0.3 is 15.0 Å². The lowest BCUT2D eigenvalue weighted by atomic mass is 9.96. The largest absolute Gasteiger partial charge is 0.497 e. The average molecular weight is 467 g/mol. The van der Waals surface area contributed by atoms with Crippen molar-refractivity contribution in [2.24, 2.45) is 0 Å². The minimum atomic E-state index is 0.0196. The second-order valence-electron chi connectivity index (χ2n) is 8.98. The number of ether oxygens (including phenoxy) is 1. The second-order valence-corrected chi connectivity index (χ2v) is 10.1. The van der Waals surface area contributed by atoms with Crippen molar-refractivity contribution < 1.29 is 9.53 Å². The van der Waals surface area contributed by atoms with Crippen molar-refractivity contribution in [1.82, 2.24) is 19.8 Å². The zero-order valence-electron chi connectivity index (χ0n) is 19.0. The number of nitrogens with zero attached hydrogens (tertiary/aromatic N) is 3. The van der Waals surface area contributed by atoms with Crippen molar-refractivity contribution in [2.75, 3.05) is 13.7 Å². The maximum absolute atomic E-state index is 13.3. The third-order valence-corrected chi connectivity index (χ3v) is 7.97. The zero-order chi connectivity index (χ0) is 22.8. The molecule has 1 aliphatic carbocycles. The molecular weight excluding hydrogens is 436 g/mol. The SMILES string of the molecule is COc1ccc(CCn2cnc3sc4c(c3c2=O)CCN(C(=O)NC2CCCCC2)C4)cc1. The molecule has 0 unspecified atom stereocenters. The van der Waals surface area contributed by atoms with Crippen LogP contribution in [0.4, 0.5) is 4.79 Å². The van der Waals surface area contributed by atoms with Gasteiger partial charge in [-0.3, -0.25) is 9.36 Å². The molecule has 7 nitrogen and oxygen atoms in total. The predicted octanol–water partition coefficient (Wildman–Crippen LogP) is 4.11. The molecule has 8 heteroatoms. The van der Waals surface area contributed by atoms with Crippen LogP contribution >= 0.6 is 11.3 Å². The van der Waals surface area contributed by atoms with Crippen LogP contribution in [0.2, 0.25) is 0 Å². The van der Waals surface area contributed by atoms with Crippen molar-refractivity contribution in [3.8, 4) is 5.75 Å². The highest BCUT2D eigenvalue weighted by Gasteiger charge is 2.27. The molecule has 0 bridgehead atoms. The van der Waals surface area contributed by atoms with Gasteiger partial charge in [0.15, 0.2) is 0 Å². The summed E-state index contributed by atoms with van der Waals surface area (Å²) in [6, 6.07) is 8.24. The maximum atomic E-state index is 13.3. The highest BCUT2D eigenvalue weighted by Crippen LogP contribution is 2.32. The number of nitrogens with one attached hydrogen (secondary N) is 1. The molecule has 0 radical (unpaired) electrons. The number of benzene rings is 1. The Morgan fingerprint density at radius 1 is 1.21 bits per heavy atom. The van der Waals surface area contributed by atoms with Gasteiger partial charge >= 0.3 is 6.03 Å². The summed E-state index contributed by atoms with van der Waals surface area (Å²) in [5, 5.41) is 3.95. The lowest BCUT2D eigenvalue weighted by Gasteiger charge is -2.30. The fraction of sp³-hybridized carbons (Fsp3) is 0.480. The van der Waals surface area contributed by atoms with Crippen LogP contribution in [0.15, 0.2) is 35.4 Å². The second kappa shape index (κ2) is 9.55. The number of aromatic nitrogens is 2. The first-order valence-corrected chi connectivity index (χ1v) is 12.6. The number of rotatable bonds is 5. The van der Waals surface area contributed by atoms with Gasteiger partial charge in [0.1, 0.15) is 10.6 Å². The highest BCUT2D eigenvalue weighted by atomic mass is 32.1. The van der Waals surface area contributed by atoms with E-state index in [0.29, 0.717) is 32.1 Å². The van der Waals surface area contributed by atoms with E-state index in [1.807, 2.05) is 29.2 Å². The van der Waals surface area contributed by atoms with Crippen LogP contribution in [0.5, 0.6) is 5.75 Å². The normalized spacial score (nSPS) is 16.6. The van der Waals surface area contributed by atoms with Crippen LogP contribution in [0.3, 0.4) is 0 Å². The average Bonchev–Trinajstić information content (AvgIpc) is 3.23. The summed E-state index contributed by atoms with van der Waals surface area (Å²) in [6.07, 6.45) is 8.92. The summed E-state index contributed by atoms with van der Waals surface area (Å²) in [6.45, 7) is 1.77. The maximum Gasteiger partial charge on any atom is 0.317 e. The summed E-state index contributed by atoms with van der Waals surface area (Å²) >= 11 is 1.55. The molecule has 1 aliphatic heterocycles. The summed E-state index contributed by atoms with van der Waals surface area (Å²) in [4.78, 5) is 34.4. The monoisotopic (exact) mass is 466 g/mol. The Labute approximate surface area is 197 Å². The van der Waals surface area contributed by atoms with Crippen molar-refractivity contribution in [3.63, 3.8) is 0 Å². The fourth-order valence-corrected chi connectivity index (χ4v) is 6.10. The number of hydrogen-bond acceptors (Lipinski definition) is 5. The van der Waals surface area contributed by atoms with Crippen LogP contribution in [0, 0.1) is 0 Å². The molecule has 2 aliphatic rings. The summed E-state index contributed by atoms with van der Waals surface area (Å²) < 4.78 is 6.92. The molecule has 0 atom stereocenters. The van der Waals surface area contributed by atoms with E-state index in [1.54, 1.807) is 29.3 Å². The first-order chi connectivity index (χ1) is 16.1. The van der Waals surface area contributed by atoms with Gasteiger partial charge in [0.2, 0.25) is 0 Å². The van der Waals surface area contributed by atoms with E-state index in [4.69, 9.17) is 4.74 Å². The standard InChI is InChI=1S/C25H30N4O3S/c1-32-19-9-7-17(8-10-19)11-13-29-16-26-23-22(24(29)30)20-12-14-28(15-21(20)33-23)25(31)27-18-5-3-2-4-6-18/h7-10,16,18H,2-6,11-15H2,1H3,(H,27,31). The Balaban J connectivity index is 1.30. The molecule has 3 heterocycles. The minimum Gasteiger partial charge on any atom is -0.497 e. The van der Waals surface area contributed by atoms with Crippen molar-refractivity contribution in [2.45, 2.75) is 64.1 Å². The van der Waals surface area contributed by atoms with Crippen molar-refractivity contribution in [1.29, 1.82) is 0 Å². The van der Waals surface area contributed by atoms with E-state index in [0.717, 1.165) is 51.2 Å². The molecule has 1 aromatic carbocycles. The first kappa shape index (κ1) is 21.9. The number of amides is 2. The van der Waals surface area contributed by atoms with Gasteiger partial charge in [-0.25, -0.2) is 9.78 Å². The van der Waals surface area contributed by atoms with Gasteiger partial charge in [0.25, 0.3) is 5.56 Å². The molecule has 1 fully saturated rings. The van der Waals surface area contributed by atoms with Gasteiger partial charge in [-0.1, -0.05) is 31.4 Å². The number of carbonyl (C=O) groups excluding carboxylic acids is 1. The van der Waals surface area contributed by atoms with Crippen LogP contribution in [0.1, 0.15) is 48.1 Å². The van der Waals surface area contributed by atoms with E-state index in [-0.39, 0.29) is 11.6 Å². The third-order valence-electron chi connectivity index (χ3n) is 6.85. The van der Waals surface area contributed by atoms with Gasteiger partial charge in [-0.2, -0.15) is 0 Å². The third kappa shape index (κ3) is 4.62. The van der Waals surface area contributed by atoms with Crippen molar-refractivity contribution >= 4 is 27.6 Å². The summed E-state index contributed by atoms with van der Waals surface area (Å²) in [7, 11) is 1.65. The Morgan fingerprint density at radius 3 is 2.76 bits per heavy atom. The molecule has 0 spiro atoms. The summed E-state index contributed by atoms with van der Waals surface area (Å²) in [5.74, 6) is 0.824. The molecule has 174 valence electrons. The fourth-order valence-electron chi connectivity index (χ4n) is 4.91. The minimum absolute atomic E-state index is 0.0196.